The number of carbonyl (C=O) groups is 1. The van der Waals surface area contributed by atoms with Crippen LogP contribution in [0.4, 0.5) is 4.79 Å². The largest absolute Gasteiger partial charge is 0.444 e. The molecule has 0 radical (unpaired) electrons. The molecule has 1 aliphatic heterocycles. The average molecular weight is 432 g/mol. The van der Waals surface area contributed by atoms with Crippen LogP contribution in [0, 0.1) is 5.92 Å². The quantitative estimate of drug-likeness (QED) is 0.436. The number of nitrogens with zero attached hydrogens (tertiary/aromatic N) is 2. The summed E-state index contributed by atoms with van der Waals surface area (Å²) in [5.74, 6) is 1.36. The number of carbonyl (C=O) groups excluding carboxylic acids is 1. The summed E-state index contributed by atoms with van der Waals surface area (Å²) in [6, 6.07) is 10.7. The fourth-order valence-corrected chi connectivity index (χ4v) is 3.60. The van der Waals surface area contributed by atoms with Crippen LogP contribution < -0.4 is 16.0 Å². The van der Waals surface area contributed by atoms with Crippen LogP contribution in [-0.4, -0.2) is 67.9 Å². The molecule has 3 N–H and O–H groups in total. The normalized spacial score (nSPS) is 18.0. The number of amides is 1. The Kier molecular flexibility index (Phi) is 9.16. The second-order valence-corrected chi connectivity index (χ2v) is 10.0. The second-order valence-electron chi connectivity index (χ2n) is 10.0. The van der Waals surface area contributed by atoms with Crippen molar-refractivity contribution in [2.45, 2.75) is 58.6 Å². The van der Waals surface area contributed by atoms with Crippen molar-refractivity contribution in [2.24, 2.45) is 10.9 Å². The number of aliphatic imine (C=N–C) groups is 1. The summed E-state index contributed by atoms with van der Waals surface area (Å²) in [7, 11) is 1.77. The summed E-state index contributed by atoms with van der Waals surface area (Å²) >= 11 is 0. The minimum atomic E-state index is -0.512. The summed E-state index contributed by atoms with van der Waals surface area (Å²) in [6.45, 7) is 14.3. The SMILES string of the molecule is CN=C(NCC1CCN(CCc2ccccc2)C1)NCC(C)(C)NC(=O)OC(C)(C)C. The van der Waals surface area contributed by atoms with Crippen molar-refractivity contribution in [3.05, 3.63) is 35.9 Å². The highest BCUT2D eigenvalue weighted by Crippen LogP contribution is 2.16. The van der Waals surface area contributed by atoms with Gasteiger partial charge in [-0.1, -0.05) is 30.3 Å². The first-order valence-electron chi connectivity index (χ1n) is 11.3. The predicted octanol–water partition coefficient (Wildman–Crippen LogP) is 3.02. The lowest BCUT2D eigenvalue weighted by Crippen LogP contribution is -2.54. The maximum atomic E-state index is 12.1. The Morgan fingerprint density at radius 1 is 1.16 bits per heavy atom. The van der Waals surface area contributed by atoms with Crippen molar-refractivity contribution in [2.75, 3.05) is 39.8 Å². The van der Waals surface area contributed by atoms with Crippen molar-refractivity contribution in [1.82, 2.24) is 20.9 Å². The first-order valence-corrected chi connectivity index (χ1v) is 11.3. The van der Waals surface area contributed by atoms with Crippen LogP contribution in [0.3, 0.4) is 0 Å². The van der Waals surface area contributed by atoms with Gasteiger partial charge in [-0.3, -0.25) is 4.99 Å². The number of likely N-dealkylation sites (tertiary alicyclic amines) is 1. The number of hydrogen-bond acceptors (Lipinski definition) is 4. The van der Waals surface area contributed by atoms with Crippen molar-refractivity contribution in [3.63, 3.8) is 0 Å². The van der Waals surface area contributed by atoms with Crippen LogP contribution in [0.1, 0.15) is 46.6 Å². The highest BCUT2D eigenvalue weighted by Gasteiger charge is 2.25. The number of rotatable bonds is 8. The average Bonchev–Trinajstić information content (AvgIpc) is 3.13. The van der Waals surface area contributed by atoms with E-state index in [4.69, 9.17) is 4.74 Å². The van der Waals surface area contributed by atoms with Crippen molar-refractivity contribution in [3.8, 4) is 0 Å². The molecule has 1 atom stereocenters. The van der Waals surface area contributed by atoms with E-state index in [0.29, 0.717) is 12.5 Å². The fraction of sp³-hybridized carbons (Fsp3) is 0.667. The monoisotopic (exact) mass is 431 g/mol. The Balaban J connectivity index is 1.68. The van der Waals surface area contributed by atoms with Gasteiger partial charge in [0.15, 0.2) is 5.96 Å². The second kappa shape index (κ2) is 11.4. The van der Waals surface area contributed by atoms with E-state index >= 15 is 0 Å². The van der Waals surface area contributed by atoms with E-state index in [9.17, 15) is 4.79 Å². The van der Waals surface area contributed by atoms with E-state index in [1.54, 1.807) is 7.05 Å². The van der Waals surface area contributed by atoms with Gasteiger partial charge >= 0.3 is 6.09 Å². The molecular formula is C24H41N5O2. The summed E-state index contributed by atoms with van der Waals surface area (Å²) in [6.07, 6.45) is 1.89. The molecule has 0 saturated carbocycles. The third-order valence-electron chi connectivity index (χ3n) is 5.25. The Hall–Kier alpha value is -2.28. The molecule has 0 aliphatic carbocycles. The summed E-state index contributed by atoms with van der Waals surface area (Å²) in [5, 5.41) is 9.66. The molecule has 1 amide bonds. The van der Waals surface area contributed by atoms with Gasteiger partial charge in [0, 0.05) is 33.2 Å². The highest BCUT2D eigenvalue weighted by molar-refractivity contribution is 5.79. The molecule has 1 heterocycles. The summed E-state index contributed by atoms with van der Waals surface area (Å²) < 4.78 is 5.35. The van der Waals surface area contributed by atoms with Gasteiger partial charge in [0.2, 0.25) is 0 Å². The summed E-state index contributed by atoms with van der Waals surface area (Å²) in [5.41, 5.74) is 0.416. The fourth-order valence-electron chi connectivity index (χ4n) is 3.60. The standard InChI is InChI=1S/C24H41N5O2/c1-23(2,3)31-22(30)28-24(4,5)18-27-21(25-6)26-16-20-13-15-29(17-20)14-12-19-10-8-7-9-11-19/h7-11,20H,12-18H2,1-6H3,(H,28,30)(H2,25,26,27). The van der Waals surface area contributed by atoms with Gasteiger partial charge in [0.25, 0.3) is 0 Å². The lowest BCUT2D eigenvalue weighted by atomic mass is 10.1. The molecular weight excluding hydrogens is 390 g/mol. The molecule has 31 heavy (non-hydrogen) atoms. The molecule has 1 aromatic carbocycles. The maximum Gasteiger partial charge on any atom is 0.408 e. The van der Waals surface area contributed by atoms with E-state index in [2.05, 4.69) is 56.2 Å². The highest BCUT2D eigenvalue weighted by atomic mass is 16.6. The Bertz CT molecular complexity index is 712. The van der Waals surface area contributed by atoms with Gasteiger partial charge in [-0.15, -0.1) is 0 Å². The smallest absolute Gasteiger partial charge is 0.408 e. The molecule has 2 rings (SSSR count). The molecule has 1 aromatic rings. The van der Waals surface area contributed by atoms with Crippen LogP contribution in [0.2, 0.25) is 0 Å². The number of alkyl carbamates (subject to hydrolysis) is 1. The van der Waals surface area contributed by atoms with Crippen LogP contribution in [-0.2, 0) is 11.2 Å². The van der Waals surface area contributed by atoms with E-state index in [0.717, 1.165) is 38.6 Å². The van der Waals surface area contributed by atoms with Gasteiger partial charge in [-0.2, -0.15) is 0 Å². The topological polar surface area (TPSA) is 78.0 Å². The lowest BCUT2D eigenvalue weighted by molar-refractivity contribution is 0.0474. The zero-order chi connectivity index (χ0) is 22.9. The van der Waals surface area contributed by atoms with E-state index in [-0.39, 0.29) is 0 Å². The summed E-state index contributed by atoms with van der Waals surface area (Å²) in [4.78, 5) is 18.9. The Morgan fingerprint density at radius 3 is 2.52 bits per heavy atom. The maximum absolute atomic E-state index is 12.1. The molecule has 0 bridgehead atoms. The van der Waals surface area contributed by atoms with E-state index < -0.39 is 17.2 Å². The molecule has 0 spiro atoms. The van der Waals surface area contributed by atoms with Crippen LogP contribution in [0.5, 0.6) is 0 Å². The van der Waals surface area contributed by atoms with Crippen LogP contribution in [0.15, 0.2) is 35.3 Å². The minimum Gasteiger partial charge on any atom is -0.444 e. The van der Waals surface area contributed by atoms with Gasteiger partial charge in [-0.25, -0.2) is 4.79 Å². The third-order valence-corrected chi connectivity index (χ3v) is 5.25. The Morgan fingerprint density at radius 2 is 1.87 bits per heavy atom. The lowest BCUT2D eigenvalue weighted by Gasteiger charge is -2.29. The van der Waals surface area contributed by atoms with Crippen LogP contribution in [0.25, 0.3) is 0 Å². The molecule has 1 unspecified atom stereocenters. The molecule has 0 aromatic heterocycles. The van der Waals surface area contributed by atoms with Crippen LogP contribution >= 0.6 is 0 Å². The molecule has 7 nitrogen and oxygen atoms in total. The molecule has 1 aliphatic rings. The molecule has 1 fully saturated rings. The number of ether oxygens (including phenoxy) is 1. The van der Waals surface area contributed by atoms with E-state index in [1.807, 2.05) is 34.6 Å². The first kappa shape index (κ1) is 25.0. The number of nitrogens with one attached hydrogen (secondary N) is 3. The van der Waals surface area contributed by atoms with Gasteiger partial charge < -0.3 is 25.6 Å². The van der Waals surface area contributed by atoms with E-state index in [1.165, 1.54) is 12.0 Å². The third kappa shape index (κ3) is 10.0. The zero-order valence-electron chi connectivity index (χ0n) is 20.1. The Labute approximate surface area is 188 Å². The van der Waals surface area contributed by atoms with Gasteiger partial charge in [0.1, 0.15) is 5.60 Å². The van der Waals surface area contributed by atoms with Gasteiger partial charge in [0.05, 0.1) is 5.54 Å². The van der Waals surface area contributed by atoms with Crippen molar-refractivity contribution >= 4 is 12.1 Å². The molecule has 7 heteroatoms. The predicted molar refractivity (Wildman–Crippen MR) is 128 cm³/mol. The van der Waals surface area contributed by atoms with Crippen molar-refractivity contribution in [1.29, 1.82) is 0 Å². The zero-order valence-corrected chi connectivity index (χ0v) is 20.1. The molecule has 1 saturated heterocycles. The number of guanidine groups is 1. The number of hydrogen-bond donors (Lipinski definition) is 3. The minimum absolute atomic E-state index is 0.413. The van der Waals surface area contributed by atoms with Crippen molar-refractivity contribution < 1.29 is 9.53 Å². The first-order chi connectivity index (χ1) is 14.6. The number of benzene rings is 1. The van der Waals surface area contributed by atoms with Gasteiger partial charge in [-0.05, 0) is 65.5 Å². The molecule has 174 valence electrons.